The molecule has 0 atom stereocenters. The molecule has 6 rings (SSSR count). The van der Waals surface area contributed by atoms with Crippen molar-refractivity contribution in [2.45, 2.75) is 59.8 Å². The molecular weight excluding hydrogens is 444 g/mol. The van der Waals surface area contributed by atoms with Crippen molar-refractivity contribution >= 4 is 22.2 Å². The van der Waals surface area contributed by atoms with E-state index in [1.165, 1.54) is 33.5 Å². The topological polar surface area (TPSA) is 55.1 Å². The number of rotatable bonds is 4. The zero-order valence-corrected chi connectivity index (χ0v) is 21.9. The summed E-state index contributed by atoms with van der Waals surface area (Å²) in [5.41, 5.74) is 10.8. The van der Waals surface area contributed by atoms with Gasteiger partial charge in [0.25, 0.3) is 0 Å². The van der Waals surface area contributed by atoms with E-state index >= 15 is 0 Å². The van der Waals surface area contributed by atoms with Gasteiger partial charge in [-0.3, -0.25) is 0 Å². The molecule has 1 spiro atoms. The number of aryl methyl sites for hydroxylation is 3. The number of fused-ring (bicyclic) bond motifs is 1. The molecule has 0 saturated carbocycles. The highest BCUT2D eigenvalue weighted by Crippen LogP contribution is 2.54. The van der Waals surface area contributed by atoms with Crippen LogP contribution in [-0.2, 0) is 0 Å². The smallest absolute Gasteiger partial charge is 0.147 e. The molecule has 1 aliphatic carbocycles. The third-order valence-corrected chi connectivity index (χ3v) is 8.12. The van der Waals surface area contributed by atoms with Crippen molar-refractivity contribution in [3.8, 4) is 11.3 Å². The SMILES string of the molecule is Cc1cc2ccc(N3CCC4(C=C(c5c(-c6c(C)cccc6C)noc5C(C)C)C4)CC3)cc2nn1. The molecule has 3 heterocycles. The first-order chi connectivity index (χ1) is 17.3. The van der Waals surface area contributed by atoms with Crippen LogP contribution >= 0.6 is 0 Å². The first-order valence-corrected chi connectivity index (χ1v) is 13.1. The van der Waals surface area contributed by atoms with E-state index in [4.69, 9.17) is 4.52 Å². The first kappa shape index (κ1) is 23.0. The highest BCUT2D eigenvalue weighted by molar-refractivity contribution is 5.86. The van der Waals surface area contributed by atoms with Gasteiger partial charge in [0.2, 0.25) is 0 Å². The van der Waals surface area contributed by atoms with Gasteiger partial charge < -0.3 is 9.42 Å². The summed E-state index contributed by atoms with van der Waals surface area (Å²) in [6.45, 7) is 12.8. The number of nitrogens with zero attached hydrogens (tertiary/aromatic N) is 4. The molecule has 1 fully saturated rings. The Labute approximate surface area is 213 Å². The fourth-order valence-electron chi connectivity index (χ4n) is 6.10. The standard InChI is InChI=1S/C31H34N4O/c1-19(2)30-28(29(34-36-30)27-20(3)7-6-8-21(27)4)24-17-31(18-24)11-13-35(14-12-31)25-10-9-23-15-22(5)32-33-26(23)16-25/h6-10,15-17,19H,11-14,18H2,1-5H3. The van der Waals surface area contributed by atoms with Gasteiger partial charge in [-0.05, 0) is 80.3 Å². The maximum Gasteiger partial charge on any atom is 0.147 e. The second-order valence-corrected chi connectivity index (χ2v) is 11.1. The van der Waals surface area contributed by atoms with E-state index in [1.54, 1.807) is 0 Å². The molecule has 5 nitrogen and oxygen atoms in total. The number of aromatic nitrogens is 3. The lowest BCUT2D eigenvalue weighted by molar-refractivity contribution is 0.277. The quantitative estimate of drug-likeness (QED) is 0.306. The van der Waals surface area contributed by atoms with Crippen molar-refractivity contribution in [2.75, 3.05) is 18.0 Å². The molecule has 36 heavy (non-hydrogen) atoms. The van der Waals surface area contributed by atoms with Crippen LogP contribution < -0.4 is 4.90 Å². The number of hydrogen-bond acceptors (Lipinski definition) is 5. The van der Waals surface area contributed by atoms with Gasteiger partial charge in [-0.25, -0.2) is 0 Å². The second-order valence-electron chi connectivity index (χ2n) is 11.1. The summed E-state index contributed by atoms with van der Waals surface area (Å²) >= 11 is 0. The molecule has 0 amide bonds. The van der Waals surface area contributed by atoms with Crippen LogP contribution in [0.3, 0.4) is 0 Å². The Hall–Kier alpha value is -3.47. The van der Waals surface area contributed by atoms with E-state index in [-0.39, 0.29) is 5.41 Å². The maximum absolute atomic E-state index is 5.96. The van der Waals surface area contributed by atoms with E-state index in [9.17, 15) is 0 Å². The Kier molecular flexibility index (Phi) is 5.47. The molecule has 0 N–H and O–H groups in total. The lowest BCUT2D eigenvalue weighted by Crippen LogP contribution is -2.42. The highest BCUT2D eigenvalue weighted by Gasteiger charge is 2.42. The first-order valence-electron chi connectivity index (χ1n) is 13.1. The maximum atomic E-state index is 5.96. The molecule has 0 unspecified atom stereocenters. The van der Waals surface area contributed by atoms with Crippen LogP contribution in [0.2, 0.25) is 0 Å². The number of hydrogen-bond donors (Lipinski definition) is 0. The van der Waals surface area contributed by atoms with Gasteiger partial charge in [0.1, 0.15) is 11.5 Å². The molecular formula is C31H34N4O. The molecule has 2 aliphatic rings. The lowest BCUT2D eigenvalue weighted by Gasteiger charge is -2.47. The monoisotopic (exact) mass is 478 g/mol. The summed E-state index contributed by atoms with van der Waals surface area (Å²) in [6, 6.07) is 15.1. The predicted molar refractivity (Wildman–Crippen MR) is 146 cm³/mol. The van der Waals surface area contributed by atoms with Gasteiger partial charge >= 0.3 is 0 Å². The van der Waals surface area contributed by atoms with E-state index in [0.29, 0.717) is 5.92 Å². The van der Waals surface area contributed by atoms with Crippen LogP contribution in [0.1, 0.15) is 67.2 Å². The Balaban J connectivity index is 1.26. The normalized spacial score (nSPS) is 17.1. The van der Waals surface area contributed by atoms with Gasteiger partial charge in [0, 0.05) is 41.2 Å². The Morgan fingerprint density at radius 2 is 1.64 bits per heavy atom. The van der Waals surface area contributed by atoms with E-state index < -0.39 is 0 Å². The number of benzene rings is 2. The van der Waals surface area contributed by atoms with Crippen LogP contribution in [-0.4, -0.2) is 28.4 Å². The van der Waals surface area contributed by atoms with Crippen molar-refractivity contribution < 1.29 is 4.52 Å². The molecule has 2 aromatic carbocycles. The Morgan fingerprint density at radius 1 is 0.917 bits per heavy atom. The van der Waals surface area contributed by atoms with Crippen LogP contribution in [0, 0.1) is 26.2 Å². The zero-order chi connectivity index (χ0) is 25.0. The summed E-state index contributed by atoms with van der Waals surface area (Å²) in [5, 5.41) is 14.4. The lowest BCUT2D eigenvalue weighted by atomic mass is 9.63. The molecule has 0 bridgehead atoms. The molecule has 2 aromatic heterocycles. The van der Waals surface area contributed by atoms with Crippen molar-refractivity contribution in [3.05, 3.63) is 76.7 Å². The fraction of sp³-hybridized carbons (Fsp3) is 0.387. The van der Waals surface area contributed by atoms with E-state index in [0.717, 1.165) is 60.4 Å². The minimum Gasteiger partial charge on any atom is -0.371 e. The molecule has 1 aliphatic heterocycles. The average Bonchev–Trinajstić information content (AvgIpc) is 3.27. The predicted octanol–water partition coefficient (Wildman–Crippen LogP) is 7.41. The fourth-order valence-corrected chi connectivity index (χ4v) is 6.10. The van der Waals surface area contributed by atoms with Gasteiger partial charge in [-0.2, -0.15) is 10.2 Å². The van der Waals surface area contributed by atoms with Gasteiger partial charge in [0.15, 0.2) is 0 Å². The van der Waals surface area contributed by atoms with Crippen LogP contribution in [0.5, 0.6) is 0 Å². The summed E-state index contributed by atoms with van der Waals surface area (Å²) in [6.07, 6.45) is 5.96. The van der Waals surface area contributed by atoms with Crippen LogP contribution in [0.4, 0.5) is 5.69 Å². The zero-order valence-electron chi connectivity index (χ0n) is 21.9. The van der Waals surface area contributed by atoms with Crippen LogP contribution in [0.25, 0.3) is 27.7 Å². The largest absolute Gasteiger partial charge is 0.371 e. The molecule has 184 valence electrons. The van der Waals surface area contributed by atoms with Gasteiger partial charge in [-0.15, -0.1) is 0 Å². The van der Waals surface area contributed by atoms with Crippen molar-refractivity contribution in [1.29, 1.82) is 0 Å². The van der Waals surface area contributed by atoms with Crippen molar-refractivity contribution in [3.63, 3.8) is 0 Å². The molecule has 1 saturated heterocycles. The van der Waals surface area contributed by atoms with Crippen molar-refractivity contribution in [1.82, 2.24) is 15.4 Å². The van der Waals surface area contributed by atoms with Crippen molar-refractivity contribution in [2.24, 2.45) is 5.41 Å². The summed E-state index contributed by atoms with van der Waals surface area (Å²) in [5.74, 6) is 1.31. The van der Waals surface area contributed by atoms with Crippen LogP contribution in [0.15, 0.2) is 53.1 Å². The average molecular weight is 479 g/mol. The third kappa shape index (κ3) is 3.82. The summed E-state index contributed by atoms with van der Waals surface area (Å²) < 4.78 is 5.96. The summed E-state index contributed by atoms with van der Waals surface area (Å²) in [4.78, 5) is 2.50. The summed E-state index contributed by atoms with van der Waals surface area (Å²) in [7, 11) is 0. The number of piperidine rings is 1. The Morgan fingerprint density at radius 3 is 2.33 bits per heavy atom. The number of anilines is 1. The van der Waals surface area contributed by atoms with E-state index in [1.807, 2.05) is 6.92 Å². The minimum absolute atomic E-state index is 0.281. The molecule has 0 radical (unpaired) electrons. The van der Waals surface area contributed by atoms with E-state index in [2.05, 4.69) is 96.5 Å². The van der Waals surface area contributed by atoms with Gasteiger partial charge in [-0.1, -0.05) is 49.3 Å². The Bertz CT molecular complexity index is 1470. The molecule has 5 heteroatoms. The minimum atomic E-state index is 0.281. The second kappa shape index (κ2) is 8.58. The highest BCUT2D eigenvalue weighted by atomic mass is 16.5. The molecule has 4 aromatic rings. The third-order valence-electron chi connectivity index (χ3n) is 8.12. The number of allylic oxidation sites excluding steroid dienone is 2. The van der Waals surface area contributed by atoms with Gasteiger partial charge in [0.05, 0.1) is 11.2 Å².